The molecule has 3 aromatic heterocycles. The normalized spacial score (nSPS) is 10.9. The van der Waals surface area contributed by atoms with Gasteiger partial charge >= 0.3 is 0 Å². The van der Waals surface area contributed by atoms with Gasteiger partial charge in [-0.25, -0.2) is 15.0 Å². The number of aromatic nitrogens is 3. The molecule has 1 amide bonds. The van der Waals surface area contributed by atoms with Gasteiger partial charge in [-0.3, -0.25) is 4.79 Å². The number of carbonyl (C=O) groups is 1. The highest BCUT2D eigenvalue weighted by atomic mass is 32.1. The Hall–Kier alpha value is -4.64. The van der Waals surface area contributed by atoms with Crippen molar-refractivity contribution in [3.63, 3.8) is 0 Å². The minimum absolute atomic E-state index is 0.0338. The number of benzene rings is 2. The lowest BCUT2D eigenvalue weighted by atomic mass is 10.1. The number of fused-ring (bicyclic) bond motifs is 2. The van der Waals surface area contributed by atoms with Crippen LogP contribution < -0.4 is 30.6 Å². The second-order valence-electron chi connectivity index (χ2n) is 8.14. The molecule has 37 heavy (non-hydrogen) atoms. The average Bonchev–Trinajstić information content (AvgIpc) is 3.37. The van der Waals surface area contributed by atoms with Gasteiger partial charge < -0.3 is 30.6 Å². The number of nitrogens with two attached hydrogens (primary N) is 1. The lowest BCUT2D eigenvalue weighted by molar-refractivity contribution is 0.101. The van der Waals surface area contributed by atoms with Crippen LogP contribution in [0.5, 0.6) is 17.2 Å². The fourth-order valence-electron chi connectivity index (χ4n) is 3.99. The zero-order valence-electron chi connectivity index (χ0n) is 20.6. The molecule has 11 heteroatoms. The Morgan fingerprint density at radius 3 is 2.41 bits per heavy atom. The Morgan fingerprint density at radius 1 is 0.946 bits per heavy atom. The minimum atomic E-state index is -0.515. The third-order valence-electron chi connectivity index (χ3n) is 5.69. The van der Waals surface area contributed by atoms with E-state index < -0.39 is 5.91 Å². The number of anilines is 4. The van der Waals surface area contributed by atoms with Gasteiger partial charge in [0.15, 0.2) is 11.5 Å². The van der Waals surface area contributed by atoms with E-state index in [1.807, 2.05) is 36.6 Å². The van der Waals surface area contributed by atoms with Crippen molar-refractivity contribution in [2.45, 2.75) is 6.92 Å². The quantitative estimate of drug-likeness (QED) is 0.268. The SMILES string of the molecule is COc1cc(Nc2cc3cc(C)ccc3c(NC(=O)c3nc(N)c4sccc4n3)n2)cc(OC)c1OC. The molecule has 0 atom stereocenters. The molecular formula is C26H24N6O4S. The molecule has 0 unspecified atom stereocenters. The fraction of sp³-hybridized carbons (Fsp3) is 0.154. The third kappa shape index (κ3) is 4.64. The number of nitrogen functional groups attached to an aromatic ring is 1. The Bertz CT molecular complexity index is 1630. The molecule has 5 aromatic rings. The number of ether oxygens (including phenoxy) is 3. The van der Waals surface area contributed by atoms with E-state index in [9.17, 15) is 4.79 Å². The van der Waals surface area contributed by atoms with Crippen molar-refractivity contribution < 1.29 is 19.0 Å². The van der Waals surface area contributed by atoms with E-state index in [0.717, 1.165) is 21.0 Å². The van der Waals surface area contributed by atoms with Crippen LogP contribution in [-0.2, 0) is 0 Å². The zero-order valence-corrected chi connectivity index (χ0v) is 21.4. The van der Waals surface area contributed by atoms with Crippen LogP contribution in [-0.4, -0.2) is 42.2 Å². The Balaban J connectivity index is 1.54. The first kappa shape index (κ1) is 24.1. The van der Waals surface area contributed by atoms with Crippen molar-refractivity contribution in [3.8, 4) is 17.2 Å². The molecule has 0 aliphatic carbocycles. The van der Waals surface area contributed by atoms with E-state index in [1.54, 1.807) is 39.5 Å². The smallest absolute Gasteiger partial charge is 0.294 e. The lowest BCUT2D eigenvalue weighted by Gasteiger charge is -2.16. The lowest BCUT2D eigenvalue weighted by Crippen LogP contribution is -2.17. The van der Waals surface area contributed by atoms with Gasteiger partial charge in [0.05, 0.1) is 31.5 Å². The summed E-state index contributed by atoms with van der Waals surface area (Å²) in [5, 5.41) is 9.63. The van der Waals surface area contributed by atoms with Crippen LogP contribution >= 0.6 is 11.3 Å². The molecule has 2 aromatic carbocycles. The van der Waals surface area contributed by atoms with Crippen LogP contribution in [0.25, 0.3) is 21.0 Å². The maximum absolute atomic E-state index is 13.2. The van der Waals surface area contributed by atoms with Crippen LogP contribution in [0.2, 0.25) is 0 Å². The molecule has 0 aliphatic heterocycles. The molecule has 0 spiro atoms. The Morgan fingerprint density at radius 2 is 1.70 bits per heavy atom. The number of nitrogens with zero attached hydrogens (tertiary/aromatic N) is 3. The number of amides is 1. The van der Waals surface area contributed by atoms with Crippen molar-refractivity contribution in [1.29, 1.82) is 0 Å². The second-order valence-corrected chi connectivity index (χ2v) is 9.06. The van der Waals surface area contributed by atoms with E-state index >= 15 is 0 Å². The predicted molar refractivity (Wildman–Crippen MR) is 146 cm³/mol. The molecule has 0 bridgehead atoms. The summed E-state index contributed by atoms with van der Waals surface area (Å²) in [4.78, 5) is 26.4. The average molecular weight is 517 g/mol. The van der Waals surface area contributed by atoms with E-state index in [-0.39, 0.29) is 11.6 Å². The summed E-state index contributed by atoms with van der Waals surface area (Å²) >= 11 is 1.42. The Kier molecular flexibility index (Phi) is 6.36. The van der Waals surface area contributed by atoms with E-state index in [4.69, 9.17) is 19.9 Å². The highest BCUT2D eigenvalue weighted by Crippen LogP contribution is 2.41. The topological polar surface area (TPSA) is 134 Å². The number of hydrogen-bond acceptors (Lipinski definition) is 10. The predicted octanol–water partition coefficient (Wildman–Crippen LogP) is 5.15. The number of hydrogen-bond donors (Lipinski definition) is 3. The van der Waals surface area contributed by atoms with Crippen LogP contribution in [0, 0.1) is 6.92 Å². The first-order valence-electron chi connectivity index (χ1n) is 11.2. The summed E-state index contributed by atoms with van der Waals surface area (Å²) in [6, 6.07) is 13.1. The standard InChI is InChI=1S/C26H24N6O4S/c1-13-5-6-16-14(9-13)10-20(28-15-11-18(34-2)21(36-4)19(12-15)35-3)30-24(16)32-26(33)25-29-17-7-8-37-22(17)23(27)31-25/h5-12H,1-4H3,(H2,27,29,31)(H2,28,30,32,33). The summed E-state index contributed by atoms with van der Waals surface area (Å²) < 4.78 is 17.1. The first-order valence-corrected chi connectivity index (χ1v) is 12.1. The monoisotopic (exact) mass is 516 g/mol. The summed E-state index contributed by atoms with van der Waals surface area (Å²) in [5.41, 5.74) is 8.38. The molecule has 3 heterocycles. The van der Waals surface area contributed by atoms with Crippen molar-refractivity contribution in [3.05, 3.63) is 59.2 Å². The Labute approximate surface area is 216 Å². The number of carbonyl (C=O) groups excluding carboxylic acids is 1. The molecule has 4 N–H and O–H groups in total. The third-order valence-corrected chi connectivity index (χ3v) is 6.61. The number of pyridine rings is 1. The molecule has 0 aliphatic rings. The molecule has 0 saturated carbocycles. The van der Waals surface area contributed by atoms with Gasteiger partial charge in [-0.05, 0) is 29.8 Å². The fourth-order valence-corrected chi connectivity index (χ4v) is 4.72. The van der Waals surface area contributed by atoms with Crippen LogP contribution in [0.4, 0.5) is 23.1 Å². The number of thiophene rings is 1. The second kappa shape index (κ2) is 9.78. The van der Waals surface area contributed by atoms with Gasteiger partial charge in [0.1, 0.15) is 17.5 Å². The van der Waals surface area contributed by atoms with Crippen molar-refractivity contribution in [1.82, 2.24) is 15.0 Å². The molecule has 0 radical (unpaired) electrons. The maximum atomic E-state index is 13.2. The molecule has 0 fully saturated rings. The largest absolute Gasteiger partial charge is 0.493 e. The summed E-state index contributed by atoms with van der Waals surface area (Å²) in [7, 11) is 4.64. The zero-order chi connectivity index (χ0) is 26.1. The highest BCUT2D eigenvalue weighted by Gasteiger charge is 2.18. The number of aryl methyl sites for hydroxylation is 1. The van der Waals surface area contributed by atoms with Gasteiger partial charge in [0, 0.05) is 23.2 Å². The molecular weight excluding hydrogens is 492 g/mol. The summed E-state index contributed by atoms with van der Waals surface area (Å²) in [5.74, 6) is 2.03. The molecule has 0 saturated heterocycles. The van der Waals surface area contributed by atoms with Gasteiger partial charge in [0.2, 0.25) is 11.6 Å². The van der Waals surface area contributed by atoms with E-state index in [2.05, 4.69) is 25.6 Å². The van der Waals surface area contributed by atoms with E-state index in [1.165, 1.54) is 11.3 Å². The van der Waals surface area contributed by atoms with Crippen LogP contribution in [0.1, 0.15) is 16.2 Å². The first-order chi connectivity index (χ1) is 17.9. The van der Waals surface area contributed by atoms with Gasteiger partial charge in [-0.1, -0.05) is 23.8 Å². The van der Waals surface area contributed by atoms with E-state index in [0.29, 0.717) is 40.1 Å². The van der Waals surface area contributed by atoms with Gasteiger partial charge in [-0.2, -0.15) is 0 Å². The number of rotatable bonds is 7. The summed E-state index contributed by atoms with van der Waals surface area (Å²) in [6.45, 7) is 2.00. The minimum Gasteiger partial charge on any atom is -0.493 e. The summed E-state index contributed by atoms with van der Waals surface area (Å²) in [6.07, 6.45) is 0. The van der Waals surface area contributed by atoms with Crippen molar-refractivity contribution >= 4 is 61.4 Å². The molecule has 188 valence electrons. The van der Waals surface area contributed by atoms with Gasteiger partial charge in [-0.15, -0.1) is 11.3 Å². The van der Waals surface area contributed by atoms with Crippen LogP contribution in [0.3, 0.4) is 0 Å². The van der Waals surface area contributed by atoms with Gasteiger partial charge in [0.25, 0.3) is 5.91 Å². The molecule has 10 nitrogen and oxygen atoms in total. The van der Waals surface area contributed by atoms with Crippen LogP contribution in [0.15, 0.2) is 47.8 Å². The van der Waals surface area contributed by atoms with Crippen molar-refractivity contribution in [2.24, 2.45) is 0 Å². The maximum Gasteiger partial charge on any atom is 0.294 e. The number of methoxy groups -OCH3 is 3. The number of nitrogens with one attached hydrogen (secondary N) is 2. The molecule has 5 rings (SSSR count). The van der Waals surface area contributed by atoms with Crippen molar-refractivity contribution in [2.75, 3.05) is 37.7 Å². The highest BCUT2D eigenvalue weighted by molar-refractivity contribution is 7.17.